The van der Waals surface area contributed by atoms with Gasteiger partial charge in [0.1, 0.15) is 17.8 Å². The summed E-state index contributed by atoms with van der Waals surface area (Å²) in [7, 11) is 3.93. The average Bonchev–Trinajstić information content (AvgIpc) is 2.64. The van der Waals surface area contributed by atoms with E-state index in [9.17, 15) is 14.5 Å². The predicted octanol–water partition coefficient (Wildman–Crippen LogP) is 2.32. The number of aliphatic carboxylic acids is 1. The Balaban J connectivity index is 2.22. The van der Waals surface area contributed by atoms with Gasteiger partial charge in [0.05, 0.1) is 24.8 Å². The molecular formula is C21H25N2O5P. The van der Waals surface area contributed by atoms with Crippen LogP contribution in [0, 0.1) is 6.08 Å². The number of carbonyl (C=O) groups is 1. The number of likely N-dealkylation sites (N-methyl/N-ethyl adjacent to an activating group) is 1. The molecule has 8 heteroatoms. The summed E-state index contributed by atoms with van der Waals surface area (Å²) >= 11 is 0. The van der Waals surface area contributed by atoms with Gasteiger partial charge in [-0.3, -0.25) is 4.57 Å². The van der Waals surface area contributed by atoms with Crippen molar-refractivity contribution in [1.29, 1.82) is 0 Å². The number of allylic oxidation sites excluding steroid dienone is 4. The number of hydrogen-bond acceptors (Lipinski definition) is 7. The molecule has 29 heavy (non-hydrogen) atoms. The Morgan fingerprint density at radius 3 is 2.59 bits per heavy atom. The van der Waals surface area contributed by atoms with Gasteiger partial charge >= 0.3 is 0 Å². The fraction of sp³-hybridized carbons (Fsp3) is 0.381. The van der Waals surface area contributed by atoms with Gasteiger partial charge in [0.15, 0.2) is 17.0 Å². The minimum atomic E-state index is -3.69. The standard InChI is InChI=1S/C21H25N2O5P/c1-6-27-29(26,13-20(24)25)21-16-9-7-14(22(2)3)11-18(16)28-19-12-15(23(4)5)8-10-17(19)21/h7-9,11-12,21H,6,13H2,1-5H3. The number of anilines is 1. The van der Waals surface area contributed by atoms with Crippen molar-refractivity contribution >= 4 is 19.0 Å². The van der Waals surface area contributed by atoms with Gasteiger partial charge in [-0.15, -0.1) is 0 Å². The molecule has 0 aromatic heterocycles. The molecule has 0 saturated carbocycles. The molecule has 0 radical (unpaired) electrons. The van der Waals surface area contributed by atoms with Crippen LogP contribution in [-0.2, 0) is 13.9 Å². The molecule has 0 spiro atoms. The number of hydrogen-bond donors (Lipinski definition) is 0. The van der Waals surface area contributed by atoms with Crippen LogP contribution in [-0.4, -0.2) is 51.8 Å². The van der Waals surface area contributed by atoms with Crippen molar-refractivity contribution in [1.82, 2.24) is 4.90 Å². The topological polar surface area (TPSA) is 82.1 Å². The third-order valence-corrected chi connectivity index (χ3v) is 7.55. The molecule has 1 aliphatic heterocycles. The summed E-state index contributed by atoms with van der Waals surface area (Å²) in [4.78, 5) is 15.3. The maximum Gasteiger partial charge on any atom is 0.248 e. The van der Waals surface area contributed by atoms with Gasteiger partial charge < -0.3 is 29.0 Å². The summed E-state index contributed by atoms with van der Waals surface area (Å²) in [6.45, 7) is 1.81. The van der Waals surface area contributed by atoms with E-state index in [1.165, 1.54) is 0 Å². The monoisotopic (exact) mass is 416 g/mol. The van der Waals surface area contributed by atoms with Gasteiger partial charge in [-0.25, -0.2) is 0 Å². The Bertz CT molecular complexity index is 962. The van der Waals surface area contributed by atoms with E-state index in [-0.39, 0.29) is 6.61 Å². The van der Waals surface area contributed by atoms with Crippen molar-refractivity contribution in [2.75, 3.05) is 45.9 Å². The maximum absolute atomic E-state index is 13.8. The number of fused-ring (bicyclic) bond motifs is 1. The molecule has 0 bridgehead atoms. The van der Waals surface area contributed by atoms with E-state index in [0.29, 0.717) is 22.6 Å². The van der Waals surface area contributed by atoms with Crippen LogP contribution in [0.5, 0.6) is 5.75 Å². The van der Waals surface area contributed by atoms with E-state index in [1.54, 1.807) is 13.0 Å². The van der Waals surface area contributed by atoms with E-state index in [2.05, 4.69) is 6.08 Å². The number of nitrogens with zero attached hydrogens (tertiary/aromatic N) is 2. The average molecular weight is 416 g/mol. The van der Waals surface area contributed by atoms with Gasteiger partial charge in [0, 0.05) is 45.5 Å². The molecule has 3 rings (SSSR count). The lowest BCUT2D eigenvalue weighted by Crippen LogP contribution is -2.29. The van der Waals surface area contributed by atoms with Gasteiger partial charge in [0.25, 0.3) is 0 Å². The van der Waals surface area contributed by atoms with Crippen molar-refractivity contribution in [3.05, 3.63) is 59.0 Å². The first-order chi connectivity index (χ1) is 13.7. The molecule has 0 N–H and O–H groups in total. The molecule has 2 atom stereocenters. The van der Waals surface area contributed by atoms with Gasteiger partial charge in [0.2, 0.25) is 13.1 Å². The summed E-state index contributed by atoms with van der Waals surface area (Å²) in [5.41, 5.74) is 2.12. The first-order valence-electron chi connectivity index (χ1n) is 9.31. The lowest BCUT2D eigenvalue weighted by atomic mass is 9.96. The zero-order valence-electron chi connectivity index (χ0n) is 17.3. The van der Waals surface area contributed by atoms with Crippen molar-refractivity contribution < 1.29 is 23.7 Å². The number of carboxylic acids is 1. The maximum atomic E-state index is 13.8. The summed E-state index contributed by atoms with van der Waals surface area (Å²) in [5.74, 6) is -0.398. The zero-order chi connectivity index (χ0) is 21.3. The van der Waals surface area contributed by atoms with Crippen molar-refractivity contribution in [3.8, 4) is 5.75 Å². The largest absolute Gasteiger partial charge is 0.550 e. The van der Waals surface area contributed by atoms with E-state index in [0.717, 1.165) is 11.4 Å². The van der Waals surface area contributed by atoms with Crippen LogP contribution in [0.2, 0.25) is 0 Å². The van der Waals surface area contributed by atoms with Crippen LogP contribution < -0.4 is 14.7 Å². The molecule has 1 aromatic rings. The van der Waals surface area contributed by atoms with Crippen molar-refractivity contribution in [2.45, 2.75) is 12.6 Å². The quantitative estimate of drug-likeness (QED) is 0.498. The summed E-state index contributed by atoms with van der Waals surface area (Å²) in [5, 5.41) is 11.4. The zero-order valence-corrected chi connectivity index (χ0v) is 18.2. The van der Waals surface area contributed by atoms with Crippen LogP contribution in [0.25, 0.3) is 0 Å². The Kier molecular flexibility index (Phi) is 5.85. The third kappa shape index (κ3) is 4.08. The predicted molar refractivity (Wildman–Crippen MR) is 110 cm³/mol. The molecule has 2 aliphatic rings. The molecule has 0 amide bonds. The number of carboxylic acid groups (broad SMARTS) is 1. The fourth-order valence-corrected chi connectivity index (χ4v) is 5.89. The second kappa shape index (κ2) is 8.03. The molecule has 0 fully saturated rings. The number of carbonyl (C=O) groups excluding carboxylic acids is 1. The van der Waals surface area contributed by atoms with E-state index < -0.39 is 25.2 Å². The first kappa shape index (κ1) is 21.1. The summed E-state index contributed by atoms with van der Waals surface area (Å²) < 4.78 is 25.5. The second-order valence-corrected chi connectivity index (χ2v) is 9.87. The van der Waals surface area contributed by atoms with Crippen molar-refractivity contribution in [2.24, 2.45) is 0 Å². The highest BCUT2D eigenvalue weighted by Gasteiger charge is 2.47. The van der Waals surface area contributed by atoms with Crippen LogP contribution >= 0.6 is 7.37 Å². The van der Waals surface area contributed by atoms with Crippen LogP contribution in [0.4, 0.5) is 5.69 Å². The highest BCUT2D eigenvalue weighted by molar-refractivity contribution is 7.60. The first-order valence-corrected chi connectivity index (χ1v) is 11.2. The summed E-state index contributed by atoms with van der Waals surface area (Å²) in [6.07, 6.45) is 6.08. The van der Waals surface area contributed by atoms with Crippen LogP contribution in [0.1, 0.15) is 18.1 Å². The van der Waals surface area contributed by atoms with Gasteiger partial charge in [-0.2, -0.15) is 0 Å². The lowest BCUT2D eigenvalue weighted by Gasteiger charge is -2.31. The Hall–Kier alpha value is -2.59. The minimum Gasteiger partial charge on any atom is -0.550 e. The van der Waals surface area contributed by atoms with Crippen LogP contribution in [0.15, 0.2) is 47.4 Å². The van der Waals surface area contributed by atoms with Crippen molar-refractivity contribution in [3.63, 3.8) is 0 Å². The van der Waals surface area contributed by atoms with Gasteiger partial charge in [-0.1, -0.05) is 6.07 Å². The SMILES string of the molecule is CCOP(=O)(CC(=O)[O-])C1C2=C(C=C(N(C)C)C=[C+]2)Oc2cc(N(C)C)ccc21. The fourth-order valence-electron chi connectivity index (χ4n) is 3.44. The molecule has 1 aliphatic carbocycles. The van der Waals surface area contributed by atoms with E-state index in [1.807, 2.05) is 62.3 Å². The molecular weight excluding hydrogens is 391 g/mol. The number of benzene rings is 1. The molecule has 1 heterocycles. The molecule has 1 aromatic carbocycles. The lowest BCUT2D eigenvalue weighted by molar-refractivity contribution is -0.301. The van der Waals surface area contributed by atoms with E-state index >= 15 is 0 Å². The molecule has 154 valence electrons. The van der Waals surface area contributed by atoms with Gasteiger partial charge in [-0.05, 0) is 13.0 Å². The Morgan fingerprint density at radius 1 is 1.28 bits per heavy atom. The molecule has 0 saturated heterocycles. The number of rotatable bonds is 7. The van der Waals surface area contributed by atoms with Crippen LogP contribution in [0.3, 0.4) is 0 Å². The molecule has 7 nitrogen and oxygen atoms in total. The normalized spacial score (nSPS) is 19.2. The van der Waals surface area contributed by atoms with E-state index in [4.69, 9.17) is 9.26 Å². The highest BCUT2D eigenvalue weighted by atomic mass is 31.2. The number of ether oxygens (including phenoxy) is 1. The smallest absolute Gasteiger partial charge is 0.248 e. The minimum absolute atomic E-state index is 0.123. The summed E-state index contributed by atoms with van der Waals surface area (Å²) in [6, 6.07) is 5.54. The Labute approximate surface area is 171 Å². The third-order valence-electron chi connectivity index (χ3n) is 4.83. The Morgan fingerprint density at radius 2 is 2.00 bits per heavy atom. The highest BCUT2D eigenvalue weighted by Crippen LogP contribution is 2.66. The molecule has 2 unspecified atom stereocenters. The second-order valence-electron chi connectivity index (χ2n) is 7.33.